The number of amides is 1. The molecule has 15 heavy (non-hydrogen) atoms. The number of carbonyl (C=O) groups excluding carboxylic acids is 1. The van der Waals surface area contributed by atoms with Crippen molar-refractivity contribution in [3.8, 4) is 0 Å². The molecular weight excluding hydrogens is 192 g/mol. The molecule has 1 aromatic heterocycles. The van der Waals surface area contributed by atoms with Crippen molar-refractivity contribution in [2.45, 2.75) is 12.8 Å². The number of aromatic nitrogens is 1. The second-order valence-electron chi connectivity index (χ2n) is 3.16. The van der Waals surface area contributed by atoms with Crippen molar-refractivity contribution in [2.75, 3.05) is 20.3 Å². The Labute approximate surface area is 89.7 Å². The van der Waals surface area contributed by atoms with Gasteiger partial charge in [0.05, 0.1) is 6.61 Å². The Morgan fingerprint density at radius 3 is 3.07 bits per heavy atom. The standard InChI is InChI=1S/C11H16N2O2/c1-15-9-8-13-11(14)6-5-10-4-2-3-7-12-10/h2-4,7H,5-6,8-9H2,1H3,(H,13,14). The summed E-state index contributed by atoms with van der Waals surface area (Å²) in [6.07, 6.45) is 2.89. The molecule has 4 nitrogen and oxygen atoms in total. The average molecular weight is 208 g/mol. The fourth-order valence-electron chi connectivity index (χ4n) is 1.17. The minimum absolute atomic E-state index is 0.0395. The number of ether oxygens (including phenoxy) is 1. The Bertz CT molecular complexity index is 288. The highest BCUT2D eigenvalue weighted by molar-refractivity contribution is 5.76. The van der Waals surface area contributed by atoms with E-state index in [-0.39, 0.29) is 5.91 Å². The summed E-state index contributed by atoms with van der Waals surface area (Å²) in [5.74, 6) is 0.0395. The number of aryl methyl sites for hydroxylation is 1. The second kappa shape index (κ2) is 6.95. The van der Waals surface area contributed by atoms with Gasteiger partial charge in [-0.25, -0.2) is 0 Å². The van der Waals surface area contributed by atoms with E-state index in [0.29, 0.717) is 26.0 Å². The molecule has 0 aliphatic heterocycles. The van der Waals surface area contributed by atoms with E-state index in [9.17, 15) is 4.79 Å². The lowest BCUT2D eigenvalue weighted by Crippen LogP contribution is -2.27. The molecule has 1 rings (SSSR count). The number of pyridine rings is 1. The first-order valence-electron chi connectivity index (χ1n) is 4.98. The van der Waals surface area contributed by atoms with Crippen LogP contribution >= 0.6 is 0 Å². The van der Waals surface area contributed by atoms with Crippen LogP contribution < -0.4 is 5.32 Å². The second-order valence-corrected chi connectivity index (χ2v) is 3.16. The molecule has 0 saturated carbocycles. The van der Waals surface area contributed by atoms with Gasteiger partial charge in [-0.05, 0) is 18.6 Å². The third kappa shape index (κ3) is 5.12. The van der Waals surface area contributed by atoms with E-state index < -0.39 is 0 Å². The molecule has 0 aliphatic carbocycles. The maximum absolute atomic E-state index is 11.3. The van der Waals surface area contributed by atoms with Crippen molar-refractivity contribution in [3.63, 3.8) is 0 Å². The molecule has 0 bridgehead atoms. The highest BCUT2D eigenvalue weighted by atomic mass is 16.5. The Hall–Kier alpha value is -1.42. The van der Waals surface area contributed by atoms with E-state index in [1.54, 1.807) is 13.3 Å². The molecule has 1 amide bonds. The monoisotopic (exact) mass is 208 g/mol. The van der Waals surface area contributed by atoms with Gasteiger partial charge in [0.2, 0.25) is 5.91 Å². The van der Waals surface area contributed by atoms with Crippen LogP contribution in [0.4, 0.5) is 0 Å². The lowest BCUT2D eigenvalue weighted by molar-refractivity contribution is -0.121. The van der Waals surface area contributed by atoms with Crippen LogP contribution in [0.15, 0.2) is 24.4 Å². The Morgan fingerprint density at radius 1 is 1.53 bits per heavy atom. The number of hydrogen-bond donors (Lipinski definition) is 1. The molecule has 0 unspecified atom stereocenters. The highest BCUT2D eigenvalue weighted by Crippen LogP contribution is 1.97. The molecular formula is C11H16N2O2. The van der Waals surface area contributed by atoms with E-state index in [4.69, 9.17) is 4.74 Å². The summed E-state index contributed by atoms with van der Waals surface area (Å²) in [4.78, 5) is 15.4. The SMILES string of the molecule is COCCNC(=O)CCc1ccccn1. The zero-order valence-corrected chi connectivity index (χ0v) is 8.90. The van der Waals surface area contributed by atoms with Crippen molar-refractivity contribution < 1.29 is 9.53 Å². The molecule has 1 aromatic rings. The molecule has 0 fully saturated rings. The van der Waals surface area contributed by atoms with Gasteiger partial charge in [-0.2, -0.15) is 0 Å². The third-order valence-electron chi connectivity index (χ3n) is 1.96. The quantitative estimate of drug-likeness (QED) is 0.703. The van der Waals surface area contributed by atoms with E-state index in [2.05, 4.69) is 10.3 Å². The lowest BCUT2D eigenvalue weighted by Gasteiger charge is -2.03. The highest BCUT2D eigenvalue weighted by Gasteiger charge is 2.01. The maximum Gasteiger partial charge on any atom is 0.220 e. The number of methoxy groups -OCH3 is 1. The van der Waals surface area contributed by atoms with Gasteiger partial charge in [0.1, 0.15) is 0 Å². The van der Waals surface area contributed by atoms with Gasteiger partial charge in [-0.3, -0.25) is 9.78 Å². The fraction of sp³-hybridized carbons (Fsp3) is 0.455. The lowest BCUT2D eigenvalue weighted by atomic mass is 10.2. The van der Waals surface area contributed by atoms with Gasteiger partial charge in [-0.1, -0.05) is 6.07 Å². The van der Waals surface area contributed by atoms with Gasteiger partial charge in [0.15, 0.2) is 0 Å². The number of carbonyl (C=O) groups is 1. The molecule has 1 N–H and O–H groups in total. The van der Waals surface area contributed by atoms with Crippen LogP contribution in [-0.4, -0.2) is 31.2 Å². The summed E-state index contributed by atoms with van der Waals surface area (Å²) in [7, 11) is 1.61. The summed E-state index contributed by atoms with van der Waals surface area (Å²) < 4.78 is 4.83. The predicted molar refractivity (Wildman–Crippen MR) is 57.4 cm³/mol. The Balaban J connectivity index is 2.17. The van der Waals surface area contributed by atoms with E-state index in [1.165, 1.54) is 0 Å². The summed E-state index contributed by atoms with van der Waals surface area (Å²) in [6.45, 7) is 1.12. The normalized spacial score (nSPS) is 9.93. The maximum atomic E-state index is 11.3. The van der Waals surface area contributed by atoms with Crippen LogP contribution in [0, 0.1) is 0 Å². The van der Waals surface area contributed by atoms with E-state index in [0.717, 1.165) is 5.69 Å². The first kappa shape index (κ1) is 11.7. The Morgan fingerprint density at radius 2 is 2.40 bits per heavy atom. The van der Waals surface area contributed by atoms with Crippen LogP contribution in [0.25, 0.3) is 0 Å². The topological polar surface area (TPSA) is 51.2 Å². The van der Waals surface area contributed by atoms with E-state index in [1.807, 2.05) is 18.2 Å². The molecule has 1 heterocycles. The molecule has 0 saturated heterocycles. The Kier molecular flexibility index (Phi) is 5.40. The van der Waals surface area contributed by atoms with Gasteiger partial charge in [0, 0.05) is 32.0 Å². The predicted octanol–water partition coefficient (Wildman–Crippen LogP) is 0.777. The molecule has 0 aliphatic rings. The van der Waals surface area contributed by atoms with Crippen LogP contribution in [0.3, 0.4) is 0 Å². The fourth-order valence-corrected chi connectivity index (χ4v) is 1.17. The van der Waals surface area contributed by atoms with Gasteiger partial charge in [0.25, 0.3) is 0 Å². The summed E-state index contributed by atoms with van der Waals surface area (Å²) in [6, 6.07) is 5.70. The van der Waals surface area contributed by atoms with Crippen molar-refractivity contribution in [2.24, 2.45) is 0 Å². The number of rotatable bonds is 6. The largest absolute Gasteiger partial charge is 0.383 e. The number of nitrogens with zero attached hydrogens (tertiary/aromatic N) is 1. The summed E-state index contributed by atoms with van der Waals surface area (Å²) in [5, 5.41) is 2.76. The van der Waals surface area contributed by atoms with Gasteiger partial charge < -0.3 is 10.1 Å². The molecule has 0 atom stereocenters. The zero-order valence-electron chi connectivity index (χ0n) is 8.90. The number of hydrogen-bond acceptors (Lipinski definition) is 3. The zero-order chi connectivity index (χ0) is 10.9. The summed E-state index contributed by atoms with van der Waals surface area (Å²) >= 11 is 0. The van der Waals surface area contributed by atoms with Crippen molar-refractivity contribution in [1.29, 1.82) is 0 Å². The minimum atomic E-state index is 0.0395. The van der Waals surface area contributed by atoms with Crippen molar-refractivity contribution >= 4 is 5.91 Å². The van der Waals surface area contributed by atoms with Crippen LogP contribution in [0.2, 0.25) is 0 Å². The van der Waals surface area contributed by atoms with Crippen LogP contribution in [0.5, 0.6) is 0 Å². The van der Waals surface area contributed by atoms with Crippen LogP contribution in [0.1, 0.15) is 12.1 Å². The first-order valence-corrected chi connectivity index (χ1v) is 4.98. The summed E-state index contributed by atoms with van der Waals surface area (Å²) in [5.41, 5.74) is 0.944. The molecule has 4 heteroatoms. The molecule has 0 spiro atoms. The number of nitrogens with one attached hydrogen (secondary N) is 1. The van der Waals surface area contributed by atoms with Crippen molar-refractivity contribution in [3.05, 3.63) is 30.1 Å². The smallest absolute Gasteiger partial charge is 0.220 e. The van der Waals surface area contributed by atoms with Gasteiger partial charge in [-0.15, -0.1) is 0 Å². The minimum Gasteiger partial charge on any atom is -0.383 e. The first-order chi connectivity index (χ1) is 7.33. The molecule has 0 aromatic carbocycles. The molecule has 82 valence electrons. The van der Waals surface area contributed by atoms with Gasteiger partial charge >= 0.3 is 0 Å². The average Bonchev–Trinajstić information content (AvgIpc) is 2.28. The van der Waals surface area contributed by atoms with Crippen molar-refractivity contribution in [1.82, 2.24) is 10.3 Å². The molecule has 0 radical (unpaired) electrons. The van der Waals surface area contributed by atoms with Crippen LogP contribution in [-0.2, 0) is 16.0 Å². The third-order valence-corrected chi connectivity index (χ3v) is 1.96. The van der Waals surface area contributed by atoms with E-state index >= 15 is 0 Å².